The van der Waals surface area contributed by atoms with E-state index in [1.807, 2.05) is 36.9 Å². The first-order chi connectivity index (χ1) is 15.4. The van der Waals surface area contributed by atoms with Gasteiger partial charge in [-0.05, 0) is 46.3 Å². The van der Waals surface area contributed by atoms with Crippen molar-refractivity contribution in [1.29, 1.82) is 0 Å². The Labute approximate surface area is 200 Å². The van der Waals surface area contributed by atoms with E-state index in [9.17, 15) is 14.4 Å². The molecule has 6 nitrogen and oxygen atoms in total. The van der Waals surface area contributed by atoms with Crippen LogP contribution in [0.4, 0.5) is 0 Å². The minimum atomic E-state index is -0.579. The lowest BCUT2D eigenvalue weighted by Crippen LogP contribution is -2.57. The smallest absolute Gasteiger partial charge is 0.253 e. The number of piperazine rings is 1. The predicted octanol–water partition coefficient (Wildman–Crippen LogP) is 4.23. The molecule has 0 radical (unpaired) electrons. The monoisotopic (exact) mass is 505 g/mol. The first kappa shape index (κ1) is 24.7. The van der Waals surface area contributed by atoms with Crippen LogP contribution < -0.4 is 5.32 Å². The average molecular weight is 506 g/mol. The molecule has 3 rings (SSSR count). The van der Waals surface area contributed by atoms with Crippen LogP contribution in [0.3, 0.4) is 0 Å². The fourth-order valence-electron chi connectivity index (χ4n) is 4.71. The lowest BCUT2D eigenvalue weighted by Gasteiger charge is -2.37. The van der Waals surface area contributed by atoms with E-state index in [1.165, 1.54) is 25.7 Å². The SMILES string of the molecule is CCC(C)C(NC(=O)c1ccccc1Br)C(=O)N1CCN(C(=O)CCC2CCCC2)CC1. The number of benzene rings is 1. The van der Waals surface area contributed by atoms with Gasteiger partial charge in [0.2, 0.25) is 11.8 Å². The Morgan fingerprint density at radius 1 is 1.06 bits per heavy atom. The summed E-state index contributed by atoms with van der Waals surface area (Å²) in [6.45, 7) is 6.20. The van der Waals surface area contributed by atoms with Gasteiger partial charge >= 0.3 is 0 Å². The second-order valence-electron chi connectivity index (χ2n) is 9.21. The molecule has 2 aliphatic rings. The van der Waals surface area contributed by atoms with Gasteiger partial charge in [0.05, 0.1) is 5.56 Å². The van der Waals surface area contributed by atoms with Crippen molar-refractivity contribution in [2.24, 2.45) is 11.8 Å². The number of carbonyl (C=O) groups excluding carboxylic acids is 3. The molecule has 1 heterocycles. The summed E-state index contributed by atoms with van der Waals surface area (Å²) in [7, 11) is 0. The van der Waals surface area contributed by atoms with Crippen LogP contribution in [0.5, 0.6) is 0 Å². The van der Waals surface area contributed by atoms with Gasteiger partial charge in [0.1, 0.15) is 6.04 Å². The Morgan fingerprint density at radius 3 is 2.31 bits per heavy atom. The van der Waals surface area contributed by atoms with Gasteiger partial charge in [0.15, 0.2) is 0 Å². The highest BCUT2D eigenvalue weighted by Crippen LogP contribution is 2.28. The molecule has 1 aliphatic carbocycles. The van der Waals surface area contributed by atoms with Crippen molar-refractivity contribution in [2.75, 3.05) is 26.2 Å². The number of amides is 3. The Bertz CT molecular complexity index is 801. The summed E-state index contributed by atoms with van der Waals surface area (Å²) in [5.74, 6) is 0.630. The van der Waals surface area contributed by atoms with E-state index in [0.717, 1.165) is 12.8 Å². The normalized spacial score (nSPS) is 19.0. The zero-order valence-electron chi connectivity index (χ0n) is 19.3. The van der Waals surface area contributed by atoms with E-state index < -0.39 is 6.04 Å². The lowest BCUT2D eigenvalue weighted by atomic mass is 9.97. The van der Waals surface area contributed by atoms with E-state index in [2.05, 4.69) is 21.2 Å². The molecule has 2 atom stereocenters. The number of nitrogens with zero attached hydrogens (tertiary/aromatic N) is 2. The third-order valence-corrected chi connectivity index (χ3v) is 7.76. The molecule has 1 N–H and O–H groups in total. The van der Waals surface area contributed by atoms with Crippen molar-refractivity contribution < 1.29 is 14.4 Å². The second kappa shape index (κ2) is 11.8. The number of rotatable bonds is 8. The van der Waals surface area contributed by atoms with Gasteiger partial charge in [0.25, 0.3) is 5.91 Å². The number of hydrogen-bond acceptors (Lipinski definition) is 3. The zero-order chi connectivity index (χ0) is 23.1. The summed E-state index contributed by atoms with van der Waals surface area (Å²) < 4.78 is 0.706. The van der Waals surface area contributed by atoms with Crippen LogP contribution >= 0.6 is 15.9 Å². The minimum absolute atomic E-state index is 0.0139. The minimum Gasteiger partial charge on any atom is -0.340 e. The molecule has 7 heteroatoms. The van der Waals surface area contributed by atoms with Gasteiger partial charge in [-0.2, -0.15) is 0 Å². The van der Waals surface area contributed by atoms with Crippen LogP contribution in [0.15, 0.2) is 28.7 Å². The predicted molar refractivity (Wildman–Crippen MR) is 129 cm³/mol. The molecule has 2 unspecified atom stereocenters. The van der Waals surface area contributed by atoms with Crippen molar-refractivity contribution >= 4 is 33.7 Å². The highest BCUT2D eigenvalue weighted by atomic mass is 79.9. The molecule has 32 heavy (non-hydrogen) atoms. The van der Waals surface area contributed by atoms with Crippen LogP contribution in [0.25, 0.3) is 0 Å². The maximum atomic E-state index is 13.3. The summed E-state index contributed by atoms with van der Waals surface area (Å²) in [6, 6.07) is 6.64. The lowest BCUT2D eigenvalue weighted by molar-refractivity contribution is -0.141. The molecule has 1 saturated carbocycles. The van der Waals surface area contributed by atoms with Crippen molar-refractivity contribution in [1.82, 2.24) is 15.1 Å². The molecule has 1 aromatic rings. The molecular weight excluding hydrogens is 470 g/mol. The molecule has 1 aliphatic heterocycles. The Balaban J connectivity index is 1.55. The summed E-state index contributed by atoms with van der Waals surface area (Å²) in [5, 5.41) is 2.97. The van der Waals surface area contributed by atoms with Gasteiger partial charge in [-0.3, -0.25) is 14.4 Å². The molecule has 0 spiro atoms. The zero-order valence-corrected chi connectivity index (χ0v) is 20.9. The van der Waals surface area contributed by atoms with E-state index in [0.29, 0.717) is 48.6 Å². The van der Waals surface area contributed by atoms with Gasteiger partial charge in [0, 0.05) is 37.1 Å². The quantitative estimate of drug-likeness (QED) is 0.574. The van der Waals surface area contributed by atoms with Crippen LogP contribution in [-0.2, 0) is 9.59 Å². The summed E-state index contributed by atoms with van der Waals surface area (Å²) in [6.07, 6.45) is 7.52. The highest BCUT2D eigenvalue weighted by molar-refractivity contribution is 9.10. The maximum Gasteiger partial charge on any atom is 0.253 e. The molecule has 0 aromatic heterocycles. The Kier molecular flexibility index (Phi) is 9.14. The topological polar surface area (TPSA) is 69.7 Å². The van der Waals surface area contributed by atoms with Crippen LogP contribution in [-0.4, -0.2) is 59.7 Å². The Hall–Kier alpha value is -1.89. The van der Waals surface area contributed by atoms with Crippen LogP contribution in [0.2, 0.25) is 0 Å². The molecule has 1 saturated heterocycles. The summed E-state index contributed by atoms with van der Waals surface area (Å²) in [4.78, 5) is 42.5. The van der Waals surface area contributed by atoms with Gasteiger partial charge in [-0.1, -0.05) is 58.1 Å². The molecule has 3 amide bonds. The van der Waals surface area contributed by atoms with Crippen molar-refractivity contribution in [3.63, 3.8) is 0 Å². The van der Waals surface area contributed by atoms with Gasteiger partial charge < -0.3 is 15.1 Å². The van der Waals surface area contributed by atoms with Crippen LogP contribution in [0.1, 0.15) is 69.2 Å². The summed E-state index contributed by atoms with van der Waals surface area (Å²) >= 11 is 3.42. The largest absolute Gasteiger partial charge is 0.340 e. The number of hydrogen-bond donors (Lipinski definition) is 1. The molecule has 176 valence electrons. The van der Waals surface area contributed by atoms with E-state index in [-0.39, 0.29) is 23.6 Å². The van der Waals surface area contributed by atoms with E-state index in [4.69, 9.17) is 0 Å². The summed E-state index contributed by atoms with van der Waals surface area (Å²) in [5.41, 5.74) is 0.520. The first-order valence-corrected chi connectivity index (χ1v) is 12.8. The number of carbonyl (C=O) groups is 3. The van der Waals surface area contributed by atoms with E-state index >= 15 is 0 Å². The highest BCUT2D eigenvalue weighted by Gasteiger charge is 2.33. The fourth-order valence-corrected chi connectivity index (χ4v) is 5.17. The number of halogens is 1. The average Bonchev–Trinajstić information content (AvgIpc) is 3.34. The fraction of sp³-hybridized carbons (Fsp3) is 0.640. The van der Waals surface area contributed by atoms with Crippen molar-refractivity contribution in [2.45, 2.75) is 64.8 Å². The number of nitrogens with one attached hydrogen (secondary N) is 1. The van der Waals surface area contributed by atoms with Gasteiger partial charge in [-0.15, -0.1) is 0 Å². The first-order valence-electron chi connectivity index (χ1n) is 12.0. The molecular formula is C25H36BrN3O3. The molecule has 0 bridgehead atoms. The van der Waals surface area contributed by atoms with Crippen molar-refractivity contribution in [3.05, 3.63) is 34.3 Å². The van der Waals surface area contributed by atoms with Crippen molar-refractivity contribution in [3.8, 4) is 0 Å². The standard InChI is InChI=1S/C25H36BrN3O3/c1-3-18(2)23(27-24(31)20-10-6-7-11-21(20)26)25(32)29-16-14-28(15-17-29)22(30)13-12-19-8-4-5-9-19/h6-7,10-11,18-19,23H,3-5,8-9,12-17H2,1-2H3,(H,27,31). The Morgan fingerprint density at radius 2 is 1.69 bits per heavy atom. The van der Waals surface area contributed by atoms with E-state index in [1.54, 1.807) is 11.0 Å². The van der Waals surface area contributed by atoms with Gasteiger partial charge in [-0.25, -0.2) is 0 Å². The maximum absolute atomic E-state index is 13.3. The molecule has 1 aromatic carbocycles. The third-order valence-electron chi connectivity index (χ3n) is 7.07. The third kappa shape index (κ3) is 6.33. The van der Waals surface area contributed by atoms with Crippen LogP contribution in [0, 0.1) is 11.8 Å². The second-order valence-corrected chi connectivity index (χ2v) is 10.1. The molecule has 2 fully saturated rings.